The molecule has 1 N–H and O–H groups in total. The van der Waals surface area contributed by atoms with E-state index in [1.807, 2.05) is 30.3 Å². The average Bonchev–Trinajstić information content (AvgIpc) is 2.30. The third-order valence-electron chi connectivity index (χ3n) is 2.12. The Kier molecular flexibility index (Phi) is 6.93. The molecule has 16 heavy (non-hydrogen) atoms. The summed E-state index contributed by atoms with van der Waals surface area (Å²) in [6, 6.07) is 8.13. The Bertz CT molecular complexity index is 297. The summed E-state index contributed by atoms with van der Waals surface area (Å²) in [5.74, 6) is 0. The molecule has 0 aliphatic carbocycles. The molecule has 0 aliphatic rings. The number of allylic oxidation sites excluding steroid dienone is 1. The molecule has 1 aromatic rings. The number of ether oxygens (including phenoxy) is 1. The molecule has 88 valence electrons. The van der Waals surface area contributed by atoms with Gasteiger partial charge in [0.05, 0.1) is 6.61 Å². The van der Waals surface area contributed by atoms with Gasteiger partial charge in [-0.2, -0.15) is 0 Å². The van der Waals surface area contributed by atoms with Crippen molar-refractivity contribution in [2.24, 2.45) is 0 Å². The van der Waals surface area contributed by atoms with Gasteiger partial charge in [-0.25, -0.2) is 0 Å². The summed E-state index contributed by atoms with van der Waals surface area (Å²) >= 11 is 3.40. The predicted molar refractivity (Wildman–Crippen MR) is 72.9 cm³/mol. The summed E-state index contributed by atoms with van der Waals surface area (Å²) in [7, 11) is 0. The van der Waals surface area contributed by atoms with Crippen LogP contribution in [-0.4, -0.2) is 19.8 Å². The van der Waals surface area contributed by atoms with Crippen molar-refractivity contribution in [2.75, 3.05) is 25.1 Å². The van der Waals surface area contributed by atoms with Crippen LogP contribution in [0.25, 0.3) is 0 Å². The van der Waals surface area contributed by atoms with Gasteiger partial charge in [0.2, 0.25) is 0 Å². The van der Waals surface area contributed by atoms with E-state index in [1.54, 1.807) is 0 Å². The molecule has 0 bridgehead atoms. The minimum Gasteiger partial charge on any atom is -0.383 e. The minimum atomic E-state index is 0.743. The van der Waals surface area contributed by atoms with Crippen LogP contribution in [0.15, 0.2) is 41.4 Å². The highest BCUT2D eigenvalue weighted by molar-refractivity contribution is 9.10. The Morgan fingerprint density at radius 2 is 2.00 bits per heavy atom. The van der Waals surface area contributed by atoms with Crippen LogP contribution in [0.2, 0.25) is 0 Å². The quantitative estimate of drug-likeness (QED) is 0.578. The Hall–Kier alpha value is -0.800. The van der Waals surface area contributed by atoms with Crippen LogP contribution in [0.1, 0.15) is 12.8 Å². The van der Waals surface area contributed by atoms with Gasteiger partial charge in [-0.3, -0.25) is 0 Å². The largest absolute Gasteiger partial charge is 0.383 e. The van der Waals surface area contributed by atoms with Gasteiger partial charge in [0, 0.05) is 23.3 Å². The molecule has 0 heterocycles. The Balaban J connectivity index is 2.02. The predicted octanol–water partition coefficient (Wildman–Crippen LogP) is 3.84. The van der Waals surface area contributed by atoms with E-state index in [2.05, 4.69) is 27.8 Å². The minimum absolute atomic E-state index is 0.743. The molecule has 0 unspecified atom stereocenters. The van der Waals surface area contributed by atoms with Gasteiger partial charge in [0.15, 0.2) is 0 Å². The van der Waals surface area contributed by atoms with Gasteiger partial charge < -0.3 is 10.1 Å². The average molecular weight is 284 g/mol. The lowest BCUT2D eigenvalue weighted by atomic mass is 10.3. The monoisotopic (exact) mass is 283 g/mol. The summed E-state index contributed by atoms with van der Waals surface area (Å²) in [6.45, 7) is 6.07. The zero-order chi connectivity index (χ0) is 11.6. The number of halogens is 1. The van der Waals surface area contributed by atoms with Crippen molar-refractivity contribution in [3.8, 4) is 0 Å². The number of hydrogen-bond acceptors (Lipinski definition) is 2. The van der Waals surface area contributed by atoms with Gasteiger partial charge >= 0.3 is 0 Å². The van der Waals surface area contributed by atoms with Crippen molar-refractivity contribution in [2.45, 2.75) is 12.8 Å². The first-order chi connectivity index (χ1) is 7.83. The second-order valence-corrected chi connectivity index (χ2v) is 4.39. The van der Waals surface area contributed by atoms with E-state index in [0.717, 1.165) is 42.8 Å². The molecule has 2 nitrogen and oxygen atoms in total. The molecule has 0 aliphatic heterocycles. The van der Waals surface area contributed by atoms with Crippen LogP contribution >= 0.6 is 15.9 Å². The maximum atomic E-state index is 5.46. The lowest BCUT2D eigenvalue weighted by molar-refractivity contribution is 0.142. The SMILES string of the molecule is C=CCCCOCCNc1ccc(Br)cc1. The summed E-state index contributed by atoms with van der Waals surface area (Å²) < 4.78 is 6.56. The molecular weight excluding hydrogens is 266 g/mol. The molecule has 0 aromatic heterocycles. The fourth-order valence-electron chi connectivity index (χ4n) is 1.27. The number of anilines is 1. The van der Waals surface area contributed by atoms with E-state index in [4.69, 9.17) is 4.74 Å². The lowest BCUT2D eigenvalue weighted by Gasteiger charge is -2.07. The van der Waals surface area contributed by atoms with Gasteiger partial charge in [0.25, 0.3) is 0 Å². The molecule has 0 fully saturated rings. The Morgan fingerprint density at radius 1 is 1.25 bits per heavy atom. The molecule has 0 saturated heterocycles. The Morgan fingerprint density at radius 3 is 2.69 bits per heavy atom. The number of nitrogens with one attached hydrogen (secondary N) is 1. The molecule has 0 atom stereocenters. The zero-order valence-electron chi connectivity index (χ0n) is 9.42. The fraction of sp³-hybridized carbons (Fsp3) is 0.385. The molecule has 0 spiro atoms. The van der Waals surface area contributed by atoms with Crippen LogP contribution in [0.4, 0.5) is 5.69 Å². The maximum absolute atomic E-state index is 5.46. The Labute approximate surface area is 106 Å². The number of rotatable bonds is 8. The second kappa shape index (κ2) is 8.36. The summed E-state index contributed by atoms with van der Waals surface area (Å²) in [4.78, 5) is 0. The van der Waals surface area contributed by atoms with E-state index in [0.29, 0.717) is 0 Å². The number of unbranched alkanes of at least 4 members (excludes halogenated alkanes) is 1. The molecule has 1 rings (SSSR count). The number of benzene rings is 1. The van der Waals surface area contributed by atoms with Crippen LogP contribution < -0.4 is 5.32 Å². The first-order valence-electron chi connectivity index (χ1n) is 5.51. The second-order valence-electron chi connectivity index (χ2n) is 3.48. The lowest BCUT2D eigenvalue weighted by Crippen LogP contribution is -2.09. The summed E-state index contributed by atoms with van der Waals surface area (Å²) in [6.07, 6.45) is 4.01. The normalized spacial score (nSPS) is 10.1. The first-order valence-corrected chi connectivity index (χ1v) is 6.30. The van der Waals surface area contributed by atoms with Crippen molar-refractivity contribution in [3.05, 3.63) is 41.4 Å². The van der Waals surface area contributed by atoms with Crippen molar-refractivity contribution in [3.63, 3.8) is 0 Å². The van der Waals surface area contributed by atoms with Crippen LogP contribution in [0.3, 0.4) is 0 Å². The van der Waals surface area contributed by atoms with Crippen LogP contribution in [0.5, 0.6) is 0 Å². The van der Waals surface area contributed by atoms with Crippen LogP contribution in [0, 0.1) is 0 Å². The highest BCUT2D eigenvalue weighted by Crippen LogP contribution is 2.13. The van der Waals surface area contributed by atoms with Crippen molar-refractivity contribution >= 4 is 21.6 Å². The highest BCUT2D eigenvalue weighted by Gasteiger charge is 1.92. The highest BCUT2D eigenvalue weighted by atomic mass is 79.9. The van der Waals surface area contributed by atoms with Gasteiger partial charge in [-0.15, -0.1) is 6.58 Å². The molecular formula is C13H18BrNO. The molecule has 0 radical (unpaired) electrons. The van der Waals surface area contributed by atoms with E-state index in [9.17, 15) is 0 Å². The van der Waals surface area contributed by atoms with E-state index in [-0.39, 0.29) is 0 Å². The van der Waals surface area contributed by atoms with E-state index in [1.165, 1.54) is 0 Å². The van der Waals surface area contributed by atoms with E-state index >= 15 is 0 Å². The topological polar surface area (TPSA) is 21.3 Å². The van der Waals surface area contributed by atoms with Crippen LogP contribution in [-0.2, 0) is 4.74 Å². The van der Waals surface area contributed by atoms with Gasteiger partial charge in [0.1, 0.15) is 0 Å². The third kappa shape index (κ3) is 5.93. The summed E-state index contributed by atoms with van der Waals surface area (Å²) in [5.41, 5.74) is 1.12. The van der Waals surface area contributed by atoms with E-state index < -0.39 is 0 Å². The smallest absolute Gasteiger partial charge is 0.0639 e. The van der Waals surface area contributed by atoms with Gasteiger partial charge in [-0.1, -0.05) is 22.0 Å². The fourth-order valence-corrected chi connectivity index (χ4v) is 1.53. The molecule has 3 heteroatoms. The molecule has 1 aromatic carbocycles. The maximum Gasteiger partial charge on any atom is 0.0639 e. The third-order valence-corrected chi connectivity index (χ3v) is 2.65. The summed E-state index contributed by atoms with van der Waals surface area (Å²) in [5, 5.41) is 3.30. The van der Waals surface area contributed by atoms with Gasteiger partial charge in [-0.05, 0) is 37.1 Å². The van der Waals surface area contributed by atoms with Crippen molar-refractivity contribution in [1.29, 1.82) is 0 Å². The first kappa shape index (κ1) is 13.3. The number of hydrogen-bond donors (Lipinski definition) is 1. The molecule has 0 saturated carbocycles. The zero-order valence-corrected chi connectivity index (χ0v) is 11.0. The standard InChI is InChI=1S/C13H18BrNO/c1-2-3-4-10-16-11-9-15-13-7-5-12(14)6-8-13/h2,5-8,15H,1,3-4,9-11H2. The van der Waals surface area contributed by atoms with Crippen molar-refractivity contribution < 1.29 is 4.74 Å². The van der Waals surface area contributed by atoms with Crippen molar-refractivity contribution in [1.82, 2.24) is 0 Å². The molecule has 0 amide bonds.